The second-order valence-corrected chi connectivity index (χ2v) is 3.86. The molecule has 1 aromatic rings. The first-order valence-corrected chi connectivity index (χ1v) is 4.18. The molecular formula is C9H11ClFNO. The number of rotatable bonds is 1. The van der Waals surface area contributed by atoms with E-state index < -0.39 is 11.4 Å². The summed E-state index contributed by atoms with van der Waals surface area (Å²) >= 11 is 5.51. The topological polar surface area (TPSA) is 46.2 Å². The van der Waals surface area contributed by atoms with Crippen molar-refractivity contribution in [2.45, 2.75) is 19.4 Å². The highest BCUT2D eigenvalue weighted by Gasteiger charge is 2.21. The van der Waals surface area contributed by atoms with Crippen LogP contribution in [0.3, 0.4) is 0 Å². The summed E-state index contributed by atoms with van der Waals surface area (Å²) in [6.45, 7) is 3.33. The number of hydrogen-bond acceptors (Lipinski definition) is 2. The van der Waals surface area contributed by atoms with Crippen LogP contribution in [-0.2, 0) is 5.54 Å². The monoisotopic (exact) mass is 203 g/mol. The minimum atomic E-state index is -0.804. The van der Waals surface area contributed by atoms with E-state index >= 15 is 0 Å². The minimum absolute atomic E-state index is 0.271. The molecule has 0 amide bonds. The first kappa shape index (κ1) is 10.3. The van der Waals surface area contributed by atoms with Crippen LogP contribution in [0.25, 0.3) is 0 Å². The van der Waals surface area contributed by atoms with Crippen LogP contribution in [0.1, 0.15) is 19.4 Å². The van der Waals surface area contributed by atoms with E-state index in [1.807, 2.05) is 0 Å². The first-order valence-electron chi connectivity index (χ1n) is 3.80. The third kappa shape index (κ3) is 1.92. The van der Waals surface area contributed by atoms with Crippen molar-refractivity contribution in [3.05, 3.63) is 28.5 Å². The molecule has 0 saturated carbocycles. The third-order valence-electron chi connectivity index (χ3n) is 1.76. The Labute approximate surface area is 81.1 Å². The predicted octanol–water partition coefficient (Wildman–Crippen LogP) is 2.38. The molecule has 4 heteroatoms. The number of phenolic OH excluding ortho intramolecular Hbond substituents is 1. The Morgan fingerprint density at radius 3 is 2.46 bits per heavy atom. The smallest absolute Gasteiger partial charge is 0.150 e. The van der Waals surface area contributed by atoms with Gasteiger partial charge in [-0.1, -0.05) is 17.7 Å². The van der Waals surface area contributed by atoms with Gasteiger partial charge in [-0.3, -0.25) is 0 Å². The van der Waals surface area contributed by atoms with E-state index in [1.165, 1.54) is 12.1 Å². The number of hydrogen-bond donors (Lipinski definition) is 2. The summed E-state index contributed by atoms with van der Waals surface area (Å²) in [6.07, 6.45) is 0. The van der Waals surface area contributed by atoms with Crippen molar-refractivity contribution in [3.8, 4) is 5.75 Å². The molecule has 1 aromatic carbocycles. The standard InChI is InChI=1S/C9H11ClFNO/c1-9(2,12)5-3-4-6(13)7(10)8(5)11/h3-4,13H,12H2,1-2H3. The minimum Gasteiger partial charge on any atom is -0.506 e. The van der Waals surface area contributed by atoms with Gasteiger partial charge >= 0.3 is 0 Å². The molecule has 2 nitrogen and oxygen atoms in total. The number of nitrogens with two attached hydrogens (primary N) is 1. The van der Waals surface area contributed by atoms with Crippen molar-refractivity contribution in [1.82, 2.24) is 0 Å². The quantitative estimate of drug-likeness (QED) is 0.736. The average Bonchev–Trinajstić information content (AvgIpc) is 1.98. The van der Waals surface area contributed by atoms with Gasteiger partial charge in [-0.2, -0.15) is 0 Å². The van der Waals surface area contributed by atoms with Gasteiger partial charge in [0.05, 0.1) is 0 Å². The highest BCUT2D eigenvalue weighted by atomic mass is 35.5. The van der Waals surface area contributed by atoms with Gasteiger partial charge < -0.3 is 10.8 Å². The molecule has 0 fully saturated rings. The van der Waals surface area contributed by atoms with E-state index in [-0.39, 0.29) is 16.3 Å². The maximum Gasteiger partial charge on any atom is 0.150 e. The molecule has 0 saturated heterocycles. The van der Waals surface area contributed by atoms with E-state index in [4.69, 9.17) is 22.4 Å². The lowest BCUT2D eigenvalue weighted by Crippen LogP contribution is -2.29. The molecule has 13 heavy (non-hydrogen) atoms. The zero-order valence-corrected chi connectivity index (χ0v) is 8.19. The van der Waals surface area contributed by atoms with Crippen molar-refractivity contribution in [1.29, 1.82) is 0 Å². The molecule has 1 rings (SSSR count). The molecule has 3 N–H and O–H groups in total. The van der Waals surface area contributed by atoms with Gasteiger partial charge in [-0.15, -0.1) is 0 Å². The van der Waals surface area contributed by atoms with Crippen LogP contribution in [-0.4, -0.2) is 5.11 Å². The predicted molar refractivity (Wildman–Crippen MR) is 50.3 cm³/mol. The third-order valence-corrected chi connectivity index (χ3v) is 2.12. The van der Waals surface area contributed by atoms with E-state index in [0.29, 0.717) is 0 Å². The van der Waals surface area contributed by atoms with Crippen molar-refractivity contribution in [2.75, 3.05) is 0 Å². The highest BCUT2D eigenvalue weighted by molar-refractivity contribution is 6.32. The maximum absolute atomic E-state index is 13.4. The maximum atomic E-state index is 13.4. The van der Waals surface area contributed by atoms with Crippen LogP contribution in [0.15, 0.2) is 12.1 Å². The fourth-order valence-corrected chi connectivity index (χ4v) is 1.20. The van der Waals surface area contributed by atoms with Crippen LogP contribution in [0.5, 0.6) is 5.75 Å². The highest BCUT2D eigenvalue weighted by Crippen LogP contribution is 2.32. The summed E-state index contributed by atoms with van der Waals surface area (Å²) in [5, 5.41) is 8.80. The summed E-state index contributed by atoms with van der Waals surface area (Å²) < 4.78 is 13.4. The lowest BCUT2D eigenvalue weighted by Gasteiger charge is -2.20. The summed E-state index contributed by atoms with van der Waals surface area (Å²) in [7, 11) is 0. The summed E-state index contributed by atoms with van der Waals surface area (Å²) in [5.41, 5.74) is 5.18. The molecular weight excluding hydrogens is 193 g/mol. The van der Waals surface area contributed by atoms with Crippen molar-refractivity contribution in [2.24, 2.45) is 5.73 Å². The summed E-state index contributed by atoms with van der Waals surface area (Å²) in [6, 6.07) is 2.76. The largest absolute Gasteiger partial charge is 0.506 e. The van der Waals surface area contributed by atoms with Crippen LogP contribution in [0, 0.1) is 5.82 Å². The molecule has 0 unspecified atom stereocenters. The Kier molecular flexibility index (Phi) is 2.50. The van der Waals surface area contributed by atoms with Crippen LogP contribution >= 0.6 is 11.6 Å². The molecule has 0 atom stereocenters. The fraction of sp³-hybridized carbons (Fsp3) is 0.333. The Hall–Kier alpha value is -0.800. The molecule has 0 spiro atoms. The zero-order chi connectivity index (χ0) is 10.2. The van der Waals surface area contributed by atoms with E-state index in [0.717, 1.165) is 0 Å². The van der Waals surface area contributed by atoms with Gasteiger partial charge in [0.15, 0.2) is 5.82 Å². The molecule has 0 aliphatic carbocycles. The number of aromatic hydroxyl groups is 1. The molecule has 72 valence electrons. The number of halogens is 2. The Balaban J connectivity index is 3.35. The van der Waals surface area contributed by atoms with E-state index in [9.17, 15) is 4.39 Å². The van der Waals surface area contributed by atoms with Gasteiger partial charge in [0.25, 0.3) is 0 Å². The first-order chi connectivity index (χ1) is 5.84. The van der Waals surface area contributed by atoms with E-state index in [2.05, 4.69) is 0 Å². The van der Waals surface area contributed by atoms with Crippen LogP contribution in [0.4, 0.5) is 4.39 Å². The molecule has 0 heterocycles. The van der Waals surface area contributed by atoms with Gasteiger partial charge in [-0.25, -0.2) is 4.39 Å². The van der Waals surface area contributed by atoms with Crippen molar-refractivity contribution < 1.29 is 9.50 Å². The molecule has 0 aromatic heterocycles. The average molecular weight is 204 g/mol. The van der Waals surface area contributed by atoms with Crippen LogP contribution in [0.2, 0.25) is 5.02 Å². The van der Waals surface area contributed by atoms with Crippen molar-refractivity contribution in [3.63, 3.8) is 0 Å². The van der Waals surface area contributed by atoms with Gasteiger partial charge in [0.1, 0.15) is 10.8 Å². The lowest BCUT2D eigenvalue weighted by molar-refractivity contribution is 0.458. The number of phenols is 1. The summed E-state index contributed by atoms with van der Waals surface area (Å²) in [4.78, 5) is 0. The van der Waals surface area contributed by atoms with Gasteiger partial charge in [-0.05, 0) is 19.9 Å². The number of benzene rings is 1. The second kappa shape index (κ2) is 3.16. The molecule has 0 aliphatic rings. The Morgan fingerprint density at radius 2 is 2.00 bits per heavy atom. The zero-order valence-electron chi connectivity index (χ0n) is 7.44. The Bertz CT molecular complexity index is 333. The van der Waals surface area contributed by atoms with Crippen molar-refractivity contribution >= 4 is 11.6 Å². The molecule has 0 aliphatic heterocycles. The SMILES string of the molecule is CC(C)(N)c1ccc(O)c(Cl)c1F. The summed E-state index contributed by atoms with van der Waals surface area (Å²) in [5.74, 6) is -0.929. The molecule has 0 bridgehead atoms. The lowest BCUT2D eigenvalue weighted by atomic mass is 9.95. The second-order valence-electron chi connectivity index (χ2n) is 3.48. The fourth-order valence-electron chi connectivity index (χ4n) is 1.04. The van der Waals surface area contributed by atoms with Gasteiger partial charge in [0.2, 0.25) is 0 Å². The molecule has 0 radical (unpaired) electrons. The Morgan fingerprint density at radius 1 is 1.46 bits per heavy atom. The van der Waals surface area contributed by atoms with E-state index in [1.54, 1.807) is 13.8 Å². The normalized spacial score (nSPS) is 11.8. The van der Waals surface area contributed by atoms with Crippen LogP contribution < -0.4 is 5.73 Å². The van der Waals surface area contributed by atoms with Gasteiger partial charge in [0, 0.05) is 11.1 Å².